The SMILES string of the molecule is CCC(C)CNS(=O)(=O)c1ccc(F)c(N)c1F. The van der Waals surface area contributed by atoms with Crippen LogP contribution in [0.4, 0.5) is 14.5 Å². The Kier molecular flexibility index (Phi) is 4.64. The fraction of sp³-hybridized carbons (Fsp3) is 0.455. The maximum Gasteiger partial charge on any atom is 0.243 e. The minimum atomic E-state index is -4.01. The maximum atomic E-state index is 13.6. The van der Waals surface area contributed by atoms with Crippen molar-refractivity contribution in [1.82, 2.24) is 4.72 Å². The third-order valence-corrected chi connectivity index (χ3v) is 4.14. The van der Waals surface area contributed by atoms with E-state index in [1.165, 1.54) is 0 Å². The first-order valence-electron chi connectivity index (χ1n) is 5.52. The van der Waals surface area contributed by atoms with Gasteiger partial charge in [0.15, 0.2) is 5.82 Å². The van der Waals surface area contributed by atoms with E-state index < -0.39 is 32.2 Å². The molecule has 0 aliphatic heterocycles. The molecule has 0 aromatic heterocycles. The molecule has 7 heteroatoms. The van der Waals surface area contributed by atoms with Gasteiger partial charge >= 0.3 is 0 Å². The summed E-state index contributed by atoms with van der Waals surface area (Å²) >= 11 is 0. The van der Waals surface area contributed by atoms with E-state index in [1.54, 1.807) is 0 Å². The largest absolute Gasteiger partial charge is 0.394 e. The predicted octanol–water partition coefficient (Wildman–Crippen LogP) is 1.87. The van der Waals surface area contributed by atoms with Crippen molar-refractivity contribution >= 4 is 15.7 Å². The van der Waals surface area contributed by atoms with Gasteiger partial charge in [-0.3, -0.25) is 0 Å². The highest BCUT2D eigenvalue weighted by Crippen LogP contribution is 2.22. The fourth-order valence-corrected chi connectivity index (χ4v) is 2.48. The van der Waals surface area contributed by atoms with Gasteiger partial charge in [0, 0.05) is 6.54 Å². The number of sulfonamides is 1. The minimum Gasteiger partial charge on any atom is -0.394 e. The summed E-state index contributed by atoms with van der Waals surface area (Å²) in [6, 6.07) is 1.69. The van der Waals surface area contributed by atoms with E-state index >= 15 is 0 Å². The van der Waals surface area contributed by atoms with Gasteiger partial charge in [-0.15, -0.1) is 0 Å². The molecule has 1 atom stereocenters. The molecule has 4 nitrogen and oxygen atoms in total. The molecular formula is C11H16F2N2O2S. The van der Waals surface area contributed by atoms with Gasteiger partial charge in [0.2, 0.25) is 10.0 Å². The summed E-state index contributed by atoms with van der Waals surface area (Å²) in [5, 5.41) is 0. The van der Waals surface area contributed by atoms with Crippen LogP contribution in [-0.4, -0.2) is 15.0 Å². The summed E-state index contributed by atoms with van der Waals surface area (Å²) in [7, 11) is -4.01. The van der Waals surface area contributed by atoms with Crippen LogP contribution in [0.2, 0.25) is 0 Å². The van der Waals surface area contributed by atoms with Gasteiger partial charge in [-0.25, -0.2) is 21.9 Å². The molecule has 102 valence electrons. The van der Waals surface area contributed by atoms with E-state index in [-0.39, 0.29) is 12.5 Å². The van der Waals surface area contributed by atoms with E-state index in [1.807, 2.05) is 13.8 Å². The second-order valence-electron chi connectivity index (χ2n) is 4.14. The van der Waals surface area contributed by atoms with Crippen LogP contribution in [0.15, 0.2) is 17.0 Å². The number of halogens is 2. The molecular weight excluding hydrogens is 262 g/mol. The minimum absolute atomic E-state index is 0.126. The Bertz CT molecular complexity index is 532. The molecule has 0 fully saturated rings. The molecule has 0 radical (unpaired) electrons. The monoisotopic (exact) mass is 278 g/mol. The van der Waals surface area contributed by atoms with Crippen LogP contribution in [0, 0.1) is 17.6 Å². The zero-order valence-corrected chi connectivity index (χ0v) is 11.0. The van der Waals surface area contributed by atoms with Crippen LogP contribution >= 0.6 is 0 Å². The molecule has 1 unspecified atom stereocenters. The quantitative estimate of drug-likeness (QED) is 0.808. The van der Waals surface area contributed by atoms with E-state index in [9.17, 15) is 17.2 Å². The molecule has 1 aromatic carbocycles. The van der Waals surface area contributed by atoms with Crippen molar-refractivity contribution < 1.29 is 17.2 Å². The second kappa shape index (κ2) is 5.62. The van der Waals surface area contributed by atoms with Gasteiger partial charge in [-0.05, 0) is 18.1 Å². The third-order valence-electron chi connectivity index (χ3n) is 2.70. The summed E-state index contributed by atoms with van der Waals surface area (Å²) in [5.41, 5.74) is 4.33. The van der Waals surface area contributed by atoms with Crippen molar-refractivity contribution in [2.24, 2.45) is 5.92 Å². The molecule has 0 aliphatic rings. The number of anilines is 1. The number of nitrogens with two attached hydrogens (primary N) is 1. The zero-order valence-electron chi connectivity index (χ0n) is 10.2. The molecule has 1 aromatic rings. The van der Waals surface area contributed by atoms with Crippen LogP contribution in [0.25, 0.3) is 0 Å². The van der Waals surface area contributed by atoms with E-state index in [2.05, 4.69) is 4.72 Å². The summed E-state index contributed by atoms with van der Waals surface area (Å²) in [5.74, 6) is -2.11. The molecule has 0 saturated heterocycles. The Morgan fingerprint density at radius 3 is 2.56 bits per heavy atom. The molecule has 0 bridgehead atoms. The zero-order chi connectivity index (χ0) is 13.9. The normalized spacial score (nSPS) is 13.6. The van der Waals surface area contributed by atoms with Gasteiger partial charge < -0.3 is 5.73 Å². The standard InChI is InChI=1S/C11H16F2N2O2S/c1-3-7(2)6-15-18(16,17)9-5-4-8(12)11(14)10(9)13/h4-5,7,15H,3,6,14H2,1-2H3. The number of nitrogens with one attached hydrogen (secondary N) is 1. The highest BCUT2D eigenvalue weighted by atomic mass is 32.2. The first kappa shape index (κ1) is 14.8. The lowest BCUT2D eigenvalue weighted by atomic mass is 10.1. The number of nitrogen functional groups attached to an aromatic ring is 1. The van der Waals surface area contributed by atoms with Crippen LogP contribution in [0.3, 0.4) is 0 Å². The summed E-state index contributed by atoms with van der Waals surface area (Å²) < 4.78 is 52.4. The smallest absolute Gasteiger partial charge is 0.243 e. The van der Waals surface area contributed by atoms with Crippen molar-refractivity contribution in [3.05, 3.63) is 23.8 Å². The van der Waals surface area contributed by atoms with Crippen LogP contribution in [0.1, 0.15) is 20.3 Å². The lowest BCUT2D eigenvalue weighted by molar-refractivity contribution is 0.519. The van der Waals surface area contributed by atoms with Crippen molar-refractivity contribution in [2.75, 3.05) is 12.3 Å². The Hall–Kier alpha value is -1.21. The van der Waals surface area contributed by atoms with Gasteiger partial charge in [0.1, 0.15) is 16.4 Å². The third kappa shape index (κ3) is 3.17. The molecule has 1 rings (SSSR count). The number of hydrogen-bond donors (Lipinski definition) is 2. The van der Waals surface area contributed by atoms with Crippen molar-refractivity contribution in [3.63, 3.8) is 0 Å². The molecule has 0 heterocycles. The Labute approximate surface area is 105 Å². The van der Waals surface area contributed by atoms with E-state index in [4.69, 9.17) is 5.73 Å². The van der Waals surface area contributed by atoms with Gasteiger partial charge in [0.25, 0.3) is 0 Å². The van der Waals surface area contributed by atoms with Gasteiger partial charge in [0.05, 0.1) is 0 Å². The molecule has 0 aliphatic carbocycles. The molecule has 0 saturated carbocycles. The van der Waals surface area contributed by atoms with Crippen LogP contribution in [0.5, 0.6) is 0 Å². The number of benzene rings is 1. The topological polar surface area (TPSA) is 72.2 Å². The Morgan fingerprint density at radius 1 is 1.39 bits per heavy atom. The predicted molar refractivity (Wildman–Crippen MR) is 65.4 cm³/mol. The van der Waals surface area contributed by atoms with Crippen LogP contribution in [-0.2, 0) is 10.0 Å². The van der Waals surface area contributed by atoms with Gasteiger partial charge in [-0.2, -0.15) is 0 Å². The Balaban J connectivity index is 3.03. The molecule has 3 N–H and O–H groups in total. The highest BCUT2D eigenvalue weighted by molar-refractivity contribution is 7.89. The number of hydrogen-bond acceptors (Lipinski definition) is 3. The molecule has 0 amide bonds. The van der Waals surface area contributed by atoms with Crippen molar-refractivity contribution in [3.8, 4) is 0 Å². The van der Waals surface area contributed by atoms with Crippen molar-refractivity contribution in [2.45, 2.75) is 25.2 Å². The summed E-state index contributed by atoms with van der Waals surface area (Å²) in [6.45, 7) is 3.96. The molecule has 0 spiro atoms. The first-order chi connectivity index (χ1) is 8.29. The number of rotatable bonds is 5. The van der Waals surface area contributed by atoms with E-state index in [0.29, 0.717) is 0 Å². The summed E-state index contributed by atoms with van der Waals surface area (Å²) in [6.07, 6.45) is 0.788. The average Bonchev–Trinajstić information content (AvgIpc) is 2.32. The Morgan fingerprint density at radius 2 is 2.00 bits per heavy atom. The second-order valence-corrected chi connectivity index (χ2v) is 5.87. The maximum absolute atomic E-state index is 13.6. The van der Waals surface area contributed by atoms with Crippen LogP contribution < -0.4 is 10.5 Å². The van der Waals surface area contributed by atoms with Gasteiger partial charge in [-0.1, -0.05) is 20.3 Å². The summed E-state index contributed by atoms with van der Waals surface area (Å²) in [4.78, 5) is -0.635. The fourth-order valence-electron chi connectivity index (χ4n) is 1.23. The highest BCUT2D eigenvalue weighted by Gasteiger charge is 2.22. The van der Waals surface area contributed by atoms with E-state index in [0.717, 1.165) is 18.6 Å². The van der Waals surface area contributed by atoms with Crippen molar-refractivity contribution in [1.29, 1.82) is 0 Å². The lowest BCUT2D eigenvalue weighted by Crippen LogP contribution is -2.29. The first-order valence-corrected chi connectivity index (χ1v) is 7.01. The molecule has 18 heavy (non-hydrogen) atoms. The lowest BCUT2D eigenvalue weighted by Gasteiger charge is -2.12. The average molecular weight is 278 g/mol.